The van der Waals surface area contributed by atoms with Crippen LogP contribution in [0.5, 0.6) is 0 Å². The van der Waals surface area contributed by atoms with Crippen LogP contribution < -0.4 is 5.73 Å². The largest absolute Gasteiger partial charge is 0.364 e. The van der Waals surface area contributed by atoms with Crippen LogP contribution in [0.1, 0.15) is 0 Å². The van der Waals surface area contributed by atoms with Crippen LogP contribution in [0, 0.1) is 0 Å². The van der Waals surface area contributed by atoms with Crippen LogP contribution >= 0.6 is 0 Å². The fourth-order valence-corrected chi connectivity index (χ4v) is 2.02. The lowest BCUT2D eigenvalue weighted by Gasteiger charge is -2.53. The first-order valence-corrected chi connectivity index (χ1v) is 6.05. The van der Waals surface area contributed by atoms with Gasteiger partial charge in [-0.05, 0) is 0 Å². The Balaban J connectivity index is 6.37. The second-order valence-electron chi connectivity index (χ2n) is 4.38. The van der Waals surface area contributed by atoms with E-state index in [1.54, 1.807) is 0 Å². The van der Waals surface area contributed by atoms with Crippen molar-refractivity contribution in [1.82, 2.24) is 0 Å². The van der Waals surface area contributed by atoms with E-state index in [2.05, 4.69) is 14.2 Å². The maximum Gasteiger partial charge on any atom is 0.288 e. The number of hydrogen-bond acceptors (Lipinski definition) is 11. The van der Waals surface area contributed by atoms with Crippen molar-refractivity contribution >= 4 is 0 Å². The molecule has 0 radical (unpaired) electrons. The Hall–Kier alpha value is -0.440. The molecule has 134 valence electrons. The summed E-state index contributed by atoms with van der Waals surface area (Å²) in [7, 11) is 4.49. The lowest BCUT2D eigenvalue weighted by molar-refractivity contribution is -0.533. The fraction of sp³-hybridized carbons (Fsp3) is 1.00. The maximum absolute atomic E-state index is 10.6. The minimum atomic E-state index is -3.30. The standard InChI is InChI=1S/C11H25NO10/c1-18-7(13)9(15,20-3)11(17,22-5)10(16,21-4)8(14,6-12)19-2/h7,13-17H,6,12H2,1-5H3/t7?,8-,9+,10+,11+/m1/s1. The van der Waals surface area contributed by atoms with Crippen LogP contribution in [0.3, 0.4) is 0 Å². The van der Waals surface area contributed by atoms with Gasteiger partial charge in [-0.3, -0.25) is 0 Å². The van der Waals surface area contributed by atoms with Crippen LogP contribution in [0.25, 0.3) is 0 Å². The second kappa shape index (κ2) is 7.42. The number of ether oxygens (including phenoxy) is 5. The number of hydrogen-bond donors (Lipinski definition) is 6. The molecule has 0 aromatic rings. The van der Waals surface area contributed by atoms with Gasteiger partial charge >= 0.3 is 0 Å². The lowest BCUT2D eigenvalue weighted by Crippen LogP contribution is -2.81. The Kier molecular flexibility index (Phi) is 7.27. The van der Waals surface area contributed by atoms with Gasteiger partial charge in [-0.15, -0.1) is 0 Å². The molecule has 0 saturated carbocycles. The van der Waals surface area contributed by atoms with Gasteiger partial charge in [0, 0.05) is 35.5 Å². The van der Waals surface area contributed by atoms with Crippen LogP contribution in [0.2, 0.25) is 0 Å². The van der Waals surface area contributed by atoms with E-state index in [0.717, 1.165) is 35.5 Å². The summed E-state index contributed by atoms with van der Waals surface area (Å²) in [5.41, 5.74) is 5.33. The molecule has 0 bridgehead atoms. The van der Waals surface area contributed by atoms with Crippen molar-refractivity contribution in [2.24, 2.45) is 5.73 Å². The molecule has 5 atom stereocenters. The highest BCUT2D eigenvalue weighted by atomic mass is 16.8. The van der Waals surface area contributed by atoms with E-state index in [1.807, 2.05) is 0 Å². The molecule has 0 aromatic heterocycles. The van der Waals surface area contributed by atoms with Crippen LogP contribution in [0.15, 0.2) is 0 Å². The number of nitrogens with two attached hydrogens (primary N) is 1. The molecule has 0 aliphatic rings. The summed E-state index contributed by atoms with van der Waals surface area (Å²) >= 11 is 0. The van der Waals surface area contributed by atoms with Crippen LogP contribution in [0.4, 0.5) is 0 Å². The summed E-state index contributed by atoms with van der Waals surface area (Å²) in [5, 5.41) is 51.7. The van der Waals surface area contributed by atoms with Gasteiger partial charge < -0.3 is 55.0 Å². The third-order valence-electron chi connectivity index (χ3n) is 3.55. The minimum Gasteiger partial charge on any atom is -0.364 e. The molecule has 0 saturated heterocycles. The molecule has 11 nitrogen and oxygen atoms in total. The molecule has 0 rings (SSSR count). The van der Waals surface area contributed by atoms with Crippen molar-refractivity contribution in [3.05, 3.63) is 0 Å². The third-order valence-corrected chi connectivity index (χ3v) is 3.55. The fourth-order valence-electron chi connectivity index (χ4n) is 2.02. The summed E-state index contributed by atoms with van der Waals surface area (Å²) in [4.78, 5) is 0. The molecule has 0 fully saturated rings. The van der Waals surface area contributed by atoms with E-state index < -0.39 is 36.0 Å². The van der Waals surface area contributed by atoms with Gasteiger partial charge in [-0.2, -0.15) is 0 Å². The number of aliphatic hydroxyl groups excluding tert-OH is 1. The average molecular weight is 331 g/mol. The zero-order valence-electron chi connectivity index (χ0n) is 13.1. The van der Waals surface area contributed by atoms with E-state index in [4.69, 9.17) is 15.2 Å². The summed E-state index contributed by atoms with van der Waals surface area (Å²) in [6, 6.07) is 0. The first-order valence-electron chi connectivity index (χ1n) is 6.05. The van der Waals surface area contributed by atoms with Gasteiger partial charge in [0.2, 0.25) is 12.1 Å². The molecule has 0 aliphatic heterocycles. The van der Waals surface area contributed by atoms with Crippen LogP contribution in [-0.4, -0.2) is 97.1 Å². The molecule has 7 N–H and O–H groups in total. The summed E-state index contributed by atoms with van der Waals surface area (Å²) in [6.45, 7) is -0.789. The Labute approximate surface area is 127 Å². The highest BCUT2D eigenvalue weighted by molar-refractivity contribution is 5.06. The molecule has 0 aromatic carbocycles. The van der Waals surface area contributed by atoms with Crippen molar-refractivity contribution in [1.29, 1.82) is 0 Å². The van der Waals surface area contributed by atoms with Gasteiger partial charge in [0.15, 0.2) is 0 Å². The summed E-state index contributed by atoms with van der Waals surface area (Å²) in [5.74, 6) is -12.4. The zero-order valence-corrected chi connectivity index (χ0v) is 13.1. The quantitative estimate of drug-likeness (QED) is 0.217. The second-order valence-corrected chi connectivity index (χ2v) is 4.38. The van der Waals surface area contributed by atoms with Gasteiger partial charge in [-0.25, -0.2) is 0 Å². The lowest BCUT2D eigenvalue weighted by atomic mass is 9.88. The molecule has 0 amide bonds. The van der Waals surface area contributed by atoms with Gasteiger partial charge in [-0.1, -0.05) is 0 Å². The Morgan fingerprint density at radius 1 is 0.818 bits per heavy atom. The van der Waals surface area contributed by atoms with Crippen molar-refractivity contribution in [2.45, 2.75) is 29.4 Å². The first kappa shape index (κ1) is 21.6. The van der Waals surface area contributed by atoms with Crippen LogP contribution in [-0.2, 0) is 23.7 Å². The van der Waals surface area contributed by atoms with E-state index in [9.17, 15) is 25.5 Å². The molecule has 11 heteroatoms. The Morgan fingerprint density at radius 2 is 1.27 bits per heavy atom. The predicted octanol–water partition coefficient (Wildman–Crippen LogP) is -3.75. The normalized spacial score (nSPS) is 24.7. The predicted molar refractivity (Wildman–Crippen MR) is 69.9 cm³/mol. The Morgan fingerprint density at radius 3 is 1.50 bits per heavy atom. The SMILES string of the molecule is COC(O)[C@](O)(OC)[C@](O)(OC)[C@@](O)(OC)[C@@](O)(CN)OC. The van der Waals surface area contributed by atoms with Crippen molar-refractivity contribution in [3.63, 3.8) is 0 Å². The Bertz CT molecular complexity index is 354. The average Bonchev–Trinajstić information content (AvgIpc) is 2.57. The number of aliphatic hydroxyl groups is 5. The van der Waals surface area contributed by atoms with E-state index in [-0.39, 0.29) is 0 Å². The van der Waals surface area contributed by atoms with Gasteiger partial charge in [0.1, 0.15) is 0 Å². The van der Waals surface area contributed by atoms with E-state index >= 15 is 0 Å². The van der Waals surface area contributed by atoms with Crippen molar-refractivity contribution < 1.29 is 49.2 Å². The molecule has 0 spiro atoms. The molecule has 0 heterocycles. The maximum atomic E-state index is 10.6. The van der Waals surface area contributed by atoms with Gasteiger partial charge in [0.05, 0.1) is 6.54 Å². The number of methoxy groups -OCH3 is 5. The molecule has 1 unspecified atom stereocenters. The topological polar surface area (TPSA) is 173 Å². The van der Waals surface area contributed by atoms with Crippen molar-refractivity contribution in [2.75, 3.05) is 42.1 Å². The first-order chi connectivity index (χ1) is 10.0. The molecule has 0 aliphatic carbocycles. The zero-order chi connectivity index (χ0) is 17.8. The highest BCUT2D eigenvalue weighted by Gasteiger charge is 2.75. The minimum absolute atomic E-state index is 0.789. The summed E-state index contributed by atoms with van der Waals surface area (Å²) < 4.78 is 23.2. The van der Waals surface area contributed by atoms with Gasteiger partial charge in [0.25, 0.3) is 17.4 Å². The summed E-state index contributed by atoms with van der Waals surface area (Å²) in [6.07, 6.45) is -2.22. The van der Waals surface area contributed by atoms with E-state index in [1.165, 1.54) is 0 Å². The molecular formula is C11H25NO10. The molecule has 22 heavy (non-hydrogen) atoms. The highest BCUT2D eigenvalue weighted by Crippen LogP contribution is 2.43. The van der Waals surface area contributed by atoms with Crippen molar-refractivity contribution in [3.8, 4) is 0 Å². The molecular weight excluding hydrogens is 306 g/mol. The third kappa shape index (κ3) is 2.74. The number of rotatable bonds is 10. The smallest absolute Gasteiger partial charge is 0.288 e. The van der Waals surface area contributed by atoms with E-state index in [0.29, 0.717) is 0 Å². The monoisotopic (exact) mass is 331 g/mol.